The van der Waals surface area contributed by atoms with Crippen molar-refractivity contribution < 1.29 is 23.8 Å². The Hall–Kier alpha value is -3.22. The first-order chi connectivity index (χ1) is 15.1. The smallest absolute Gasteiger partial charge is 0.260 e. The molecule has 0 radical (unpaired) electrons. The lowest BCUT2D eigenvalue weighted by atomic mass is 10.1. The Bertz CT molecular complexity index is 878. The molecule has 7 nitrogen and oxygen atoms in total. The van der Waals surface area contributed by atoms with E-state index in [2.05, 4.69) is 12.2 Å². The molecule has 0 bridgehead atoms. The number of nitrogens with one attached hydrogen (secondary N) is 1. The van der Waals surface area contributed by atoms with E-state index in [9.17, 15) is 9.59 Å². The zero-order chi connectivity index (χ0) is 22.1. The van der Waals surface area contributed by atoms with Crippen LogP contribution in [0.3, 0.4) is 0 Å². The number of ether oxygens (including phenoxy) is 3. The Labute approximate surface area is 183 Å². The predicted molar refractivity (Wildman–Crippen MR) is 118 cm³/mol. The number of amides is 2. The fourth-order valence-electron chi connectivity index (χ4n) is 3.59. The Morgan fingerprint density at radius 2 is 1.55 bits per heavy atom. The van der Waals surface area contributed by atoms with E-state index >= 15 is 0 Å². The van der Waals surface area contributed by atoms with Crippen LogP contribution in [0.15, 0.2) is 48.5 Å². The molecule has 0 unspecified atom stereocenters. The number of methoxy groups -OCH3 is 1. The number of carbonyl (C=O) groups excluding carboxylic acids is 2. The van der Waals surface area contributed by atoms with Crippen LogP contribution in [-0.4, -0.2) is 56.2 Å². The van der Waals surface area contributed by atoms with Crippen molar-refractivity contribution in [2.75, 3.05) is 33.4 Å². The van der Waals surface area contributed by atoms with Crippen molar-refractivity contribution in [3.8, 4) is 17.2 Å². The third-order valence-corrected chi connectivity index (χ3v) is 5.35. The normalized spacial score (nSPS) is 14.1. The first-order valence-electron chi connectivity index (χ1n) is 10.6. The molecule has 3 rings (SSSR count). The van der Waals surface area contributed by atoms with Crippen LogP contribution in [-0.2, 0) is 16.0 Å². The number of nitrogens with zero attached hydrogens (tertiary/aromatic N) is 1. The van der Waals surface area contributed by atoms with Gasteiger partial charge in [-0.25, -0.2) is 0 Å². The molecule has 2 aromatic carbocycles. The van der Waals surface area contributed by atoms with Gasteiger partial charge in [0.05, 0.1) is 7.11 Å². The van der Waals surface area contributed by atoms with Crippen LogP contribution in [0.4, 0.5) is 0 Å². The quantitative estimate of drug-likeness (QED) is 0.667. The van der Waals surface area contributed by atoms with Crippen LogP contribution in [0.5, 0.6) is 17.2 Å². The number of para-hydroxylation sites is 3. The molecule has 31 heavy (non-hydrogen) atoms. The zero-order valence-electron chi connectivity index (χ0n) is 18.1. The van der Waals surface area contributed by atoms with Gasteiger partial charge in [0.15, 0.2) is 24.7 Å². The van der Waals surface area contributed by atoms with Crippen molar-refractivity contribution in [3.05, 3.63) is 54.1 Å². The molecule has 1 aliphatic rings. The van der Waals surface area contributed by atoms with Crippen LogP contribution in [0.1, 0.15) is 25.3 Å². The van der Waals surface area contributed by atoms with Crippen molar-refractivity contribution in [2.24, 2.45) is 0 Å². The van der Waals surface area contributed by atoms with Crippen LogP contribution in [0.2, 0.25) is 0 Å². The van der Waals surface area contributed by atoms with Gasteiger partial charge in [-0.3, -0.25) is 9.59 Å². The lowest BCUT2D eigenvalue weighted by molar-refractivity contribution is -0.134. The third-order valence-electron chi connectivity index (χ3n) is 5.35. The monoisotopic (exact) mass is 426 g/mol. The molecule has 1 saturated heterocycles. The lowest BCUT2D eigenvalue weighted by Gasteiger charge is -2.32. The molecular formula is C24H30N2O5. The molecule has 7 heteroatoms. The van der Waals surface area contributed by atoms with Crippen molar-refractivity contribution in [3.63, 3.8) is 0 Å². The predicted octanol–water partition coefficient (Wildman–Crippen LogP) is 2.82. The number of piperidine rings is 1. The molecule has 0 aliphatic carbocycles. The number of hydrogen-bond donors (Lipinski definition) is 1. The van der Waals surface area contributed by atoms with Crippen LogP contribution < -0.4 is 19.5 Å². The summed E-state index contributed by atoms with van der Waals surface area (Å²) in [7, 11) is 1.57. The number of likely N-dealkylation sites (tertiary alicyclic amines) is 1. The second-order valence-electron chi connectivity index (χ2n) is 7.41. The average Bonchev–Trinajstić information content (AvgIpc) is 2.82. The molecular weight excluding hydrogens is 396 g/mol. The van der Waals surface area contributed by atoms with E-state index in [1.807, 2.05) is 36.4 Å². The van der Waals surface area contributed by atoms with E-state index in [0.717, 1.165) is 17.7 Å². The summed E-state index contributed by atoms with van der Waals surface area (Å²) in [6.07, 6.45) is 2.26. The van der Waals surface area contributed by atoms with Gasteiger partial charge in [0, 0.05) is 19.1 Å². The minimum atomic E-state index is -0.143. The second kappa shape index (κ2) is 11.2. The first kappa shape index (κ1) is 22.5. The maximum atomic E-state index is 12.5. The van der Waals surface area contributed by atoms with E-state index < -0.39 is 0 Å². The highest BCUT2D eigenvalue weighted by Crippen LogP contribution is 2.25. The van der Waals surface area contributed by atoms with Gasteiger partial charge in [-0.05, 0) is 43.0 Å². The van der Waals surface area contributed by atoms with Crippen molar-refractivity contribution in [1.29, 1.82) is 0 Å². The first-order valence-corrected chi connectivity index (χ1v) is 10.6. The van der Waals surface area contributed by atoms with E-state index in [1.54, 1.807) is 24.1 Å². The Balaban J connectivity index is 1.38. The maximum Gasteiger partial charge on any atom is 0.260 e. The Kier molecular flexibility index (Phi) is 8.15. The number of benzene rings is 2. The molecule has 1 heterocycles. The lowest BCUT2D eigenvalue weighted by Crippen LogP contribution is -2.48. The molecule has 1 fully saturated rings. The van der Waals surface area contributed by atoms with Gasteiger partial charge in [0.2, 0.25) is 0 Å². The Morgan fingerprint density at radius 1 is 0.935 bits per heavy atom. The standard InChI is InChI=1S/C24H30N2O5/c1-3-18-8-4-5-9-20(18)30-16-23(27)25-19-12-14-26(15-13-19)24(28)17-31-22-11-7-6-10-21(22)29-2/h4-11,19H,3,12-17H2,1-2H3,(H,25,27). The summed E-state index contributed by atoms with van der Waals surface area (Å²) in [5, 5.41) is 3.01. The van der Waals surface area contributed by atoms with Gasteiger partial charge in [-0.2, -0.15) is 0 Å². The summed E-state index contributed by atoms with van der Waals surface area (Å²) in [5.41, 5.74) is 1.08. The van der Waals surface area contributed by atoms with Gasteiger partial charge >= 0.3 is 0 Å². The molecule has 1 N–H and O–H groups in total. The summed E-state index contributed by atoms with van der Waals surface area (Å²) in [4.78, 5) is 26.5. The molecule has 0 spiro atoms. The zero-order valence-corrected chi connectivity index (χ0v) is 18.1. The van der Waals surface area contributed by atoms with E-state index in [0.29, 0.717) is 37.4 Å². The number of carbonyl (C=O) groups is 2. The molecule has 166 valence electrons. The van der Waals surface area contributed by atoms with Gasteiger partial charge in [-0.15, -0.1) is 0 Å². The maximum absolute atomic E-state index is 12.5. The summed E-state index contributed by atoms with van der Waals surface area (Å²) in [5.74, 6) is 1.67. The SMILES string of the molecule is CCc1ccccc1OCC(=O)NC1CCN(C(=O)COc2ccccc2OC)CC1. The fourth-order valence-corrected chi connectivity index (χ4v) is 3.59. The minimum Gasteiger partial charge on any atom is -0.493 e. The summed E-state index contributed by atoms with van der Waals surface area (Å²) in [6, 6.07) is 15.0. The van der Waals surface area contributed by atoms with E-state index in [-0.39, 0.29) is 31.1 Å². The van der Waals surface area contributed by atoms with Crippen LogP contribution in [0, 0.1) is 0 Å². The highest BCUT2D eigenvalue weighted by Gasteiger charge is 2.24. The van der Waals surface area contributed by atoms with E-state index in [4.69, 9.17) is 14.2 Å². The summed E-state index contributed by atoms with van der Waals surface area (Å²) in [6.45, 7) is 3.17. The third kappa shape index (κ3) is 6.38. The number of aryl methyl sites for hydroxylation is 1. The van der Waals surface area contributed by atoms with Crippen LogP contribution >= 0.6 is 0 Å². The molecule has 2 amide bonds. The summed E-state index contributed by atoms with van der Waals surface area (Å²) < 4.78 is 16.5. The van der Waals surface area contributed by atoms with Crippen LogP contribution in [0.25, 0.3) is 0 Å². The molecule has 1 aliphatic heterocycles. The van der Waals surface area contributed by atoms with Crippen molar-refractivity contribution in [2.45, 2.75) is 32.2 Å². The van der Waals surface area contributed by atoms with Gasteiger partial charge in [0.25, 0.3) is 11.8 Å². The Morgan fingerprint density at radius 3 is 2.23 bits per heavy atom. The van der Waals surface area contributed by atoms with Crippen molar-refractivity contribution >= 4 is 11.8 Å². The fraction of sp³-hybridized carbons (Fsp3) is 0.417. The molecule has 0 aromatic heterocycles. The molecule has 2 aromatic rings. The molecule has 0 atom stereocenters. The number of hydrogen-bond acceptors (Lipinski definition) is 5. The molecule has 0 saturated carbocycles. The number of rotatable bonds is 9. The largest absolute Gasteiger partial charge is 0.493 e. The van der Waals surface area contributed by atoms with Gasteiger partial charge in [0.1, 0.15) is 5.75 Å². The topological polar surface area (TPSA) is 77.1 Å². The van der Waals surface area contributed by atoms with E-state index in [1.165, 1.54) is 0 Å². The van der Waals surface area contributed by atoms with Gasteiger partial charge < -0.3 is 24.4 Å². The van der Waals surface area contributed by atoms with Crippen molar-refractivity contribution in [1.82, 2.24) is 10.2 Å². The summed E-state index contributed by atoms with van der Waals surface area (Å²) >= 11 is 0. The average molecular weight is 427 g/mol. The highest BCUT2D eigenvalue weighted by molar-refractivity contribution is 5.79. The highest BCUT2D eigenvalue weighted by atomic mass is 16.5. The second-order valence-corrected chi connectivity index (χ2v) is 7.41. The minimum absolute atomic E-state index is 0.0110. The van der Waals surface area contributed by atoms with Gasteiger partial charge in [-0.1, -0.05) is 37.3 Å².